The van der Waals surface area contributed by atoms with Crippen LogP contribution in [0.1, 0.15) is 22.5 Å². The summed E-state index contributed by atoms with van der Waals surface area (Å²) in [6.07, 6.45) is 1.96. The average molecular weight is 368 g/mol. The molecule has 1 unspecified atom stereocenters. The largest absolute Gasteiger partial charge is 0.336 e. The van der Waals surface area contributed by atoms with Gasteiger partial charge in [-0.25, -0.2) is 12.7 Å². The molecular weight excluding hydrogens is 346 g/mol. The van der Waals surface area contributed by atoms with E-state index in [9.17, 15) is 13.2 Å². The van der Waals surface area contributed by atoms with Crippen LogP contribution in [0.4, 0.5) is 0 Å². The summed E-state index contributed by atoms with van der Waals surface area (Å²) in [6.45, 7) is 1.30. The first-order valence-corrected chi connectivity index (χ1v) is 9.16. The summed E-state index contributed by atoms with van der Waals surface area (Å²) in [5.41, 5.74) is 0. The second-order valence-electron chi connectivity index (χ2n) is 5.28. The summed E-state index contributed by atoms with van der Waals surface area (Å²) in [6, 6.07) is 1.78. The molecule has 1 aliphatic heterocycles. The van der Waals surface area contributed by atoms with Crippen molar-refractivity contribution in [3.63, 3.8) is 0 Å². The van der Waals surface area contributed by atoms with Crippen molar-refractivity contribution < 1.29 is 13.2 Å². The number of rotatable bonds is 4. The molecule has 22 heavy (non-hydrogen) atoms. The Morgan fingerprint density at radius 3 is 2.73 bits per heavy atom. The lowest BCUT2D eigenvalue weighted by Gasteiger charge is -2.32. The molecule has 6 nitrogen and oxygen atoms in total. The lowest BCUT2D eigenvalue weighted by Crippen LogP contribution is -2.47. The summed E-state index contributed by atoms with van der Waals surface area (Å²) in [7, 11) is 1.24. The third kappa shape index (κ3) is 3.80. The summed E-state index contributed by atoms with van der Waals surface area (Å²) in [4.78, 5) is 14.8. The third-order valence-electron chi connectivity index (χ3n) is 3.70. The molecule has 0 spiro atoms. The van der Waals surface area contributed by atoms with Crippen molar-refractivity contribution in [1.29, 1.82) is 0 Å². The van der Waals surface area contributed by atoms with E-state index in [-0.39, 0.29) is 29.3 Å². The van der Waals surface area contributed by atoms with Gasteiger partial charge in [0.15, 0.2) is 0 Å². The first-order chi connectivity index (χ1) is 9.87. The topological polar surface area (TPSA) is 69.7 Å². The highest BCUT2D eigenvalue weighted by Gasteiger charge is 2.30. The van der Waals surface area contributed by atoms with Gasteiger partial charge in [0, 0.05) is 33.2 Å². The maximum absolute atomic E-state index is 12.6. The standard InChI is InChI=1S/C13H21N3O3S2.ClH/c1-14-10-5-4-7-16(9-10)13(17)12-11(6-8-20-12)21(18,19)15(2)3;/h6,8,10,14H,4-5,7,9H2,1-3H3;1H. The second-order valence-corrected chi connectivity index (χ2v) is 8.32. The molecule has 2 heterocycles. The van der Waals surface area contributed by atoms with E-state index in [1.165, 1.54) is 31.5 Å². The van der Waals surface area contributed by atoms with Gasteiger partial charge < -0.3 is 10.2 Å². The number of nitrogens with zero attached hydrogens (tertiary/aromatic N) is 2. The number of amides is 1. The van der Waals surface area contributed by atoms with Crippen LogP contribution in [0, 0.1) is 0 Å². The van der Waals surface area contributed by atoms with Crippen molar-refractivity contribution in [1.82, 2.24) is 14.5 Å². The van der Waals surface area contributed by atoms with Gasteiger partial charge in [-0.2, -0.15) is 0 Å². The Kier molecular flexibility index (Phi) is 6.82. The van der Waals surface area contributed by atoms with Crippen LogP contribution in [0.3, 0.4) is 0 Å². The van der Waals surface area contributed by atoms with Crippen LogP contribution >= 0.6 is 23.7 Å². The van der Waals surface area contributed by atoms with E-state index in [1.807, 2.05) is 7.05 Å². The van der Waals surface area contributed by atoms with E-state index in [0.29, 0.717) is 18.0 Å². The lowest BCUT2D eigenvalue weighted by molar-refractivity contribution is 0.0699. The number of likely N-dealkylation sites (N-methyl/N-ethyl adjacent to an activating group) is 1. The number of carbonyl (C=O) groups is 1. The SMILES string of the molecule is CNC1CCCN(C(=O)c2sccc2S(=O)(=O)N(C)C)C1.Cl. The van der Waals surface area contributed by atoms with Gasteiger partial charge >= 0.3 is 0 Å². The molecule has 1 aromatic heterocycles. The number of hydrogen-bond donors (Lipinski definition) is 1. The molecular formula is C13H22ClN3O3S2. The smallest absolute Gasteiger partial charge is 0.265 e. The number of halogens is 1. The number of likely N-dealkylation sites (tertiary alicyclic amines) is 1. The molecule has 1 fully saturated rings. The number of carbonyl (C=O) groups excluding carboxylic acids is 1. The van der Waals surface area contributed by atoms with Crippen LogP contribution in [0.15, 0.2) is 16.3 Å². The first-order valence-electron chi connectivity index (χ1n) is 6.84. The van der Waals surface area contributed by atoms with Crippen LogP contribution in [0.25, 0.3) is 0 Å². The predicted molar refractivity (Wildman–Crippen MR) is 90.4 cm³/mol. The minimum Gasteiger partial charge on any atom is -0.336 e. The number of sulfonamides is 1. The maximum Gasteiger partial charge on any atom is 0.265 e. The Labute approximate surface area is 141 Å². The highest BCUT2D eigenvalue weighted by atomic mass is 35.5. The zero-order valence-corrected chi connectivity index (χ0v) is 15.4. The molecule has 0 aromatic carbocycles. The zero-order valence-electron chi connectivity index (χ0n) is 12.9. The second kappa shape index (κ2) is 7.74. The van der Waals surface area contributed by atoms with Crippen molar-refractivity contribution in [3.05, 3.63) is 16.3 Å². The summed E-state index contributed by atoms with van der Waals surface area (Å²) < 4.78 is 25.7. The summed E-state index contributed by atoms with van der Waals surface area (Å²) >= 11 is 1.19. The lowest BCUT2D eigenvalue weighted by atomic mass is 10.1. The number of nitrogens with one attached hydrogen (secondary N) is 1. The molecule has 1 aliphatic rings. The fourth-order valence-electron chi connectivity index (χ4n) is 2.39. The third-order valence-corrected chi connectivity index (χ3v) is 6.59. The van der Waals surface area contributed by atoms with Gasteiger partial charge in [0.2, 0.25) is 10.0 Å². The minimum absolute atomic E-state index is 0. The van der Waals surface area contributed by atoms with Crippen LogP contribution in [0.2, 0.25) is 0 Å². The van der Waals surface area contributed by atoms with Crippen LogP contribution in [-0.4, -0.2) is 63.8 Å². The molecule has 0 bridgehead atoms. The molecule has 1 saturated heterocycles. The maximum atomic E-state index is 12.6. The van der Waals surface area contributed by atoms with Crippen molar-refractivity contribution >= 4 is 39.7 Å². The molecule has 0 radical (unpaired) electrons. The van der Waals surface area contributed by atoms with E-state index in [4.69, 9.17) is 0 Å². The highest BCUT2D eigenvalue weighted by molar-refractivity contribution is 7.89. The first kappa shape index (κ1) is 19.4. The van der Waals surface area contributed by atoms with E-state index < -0.39 is 10.0 Å². The molecule has 1 atom stereocenters. The number of thiophene rings is 1. The fraction of sp³-hybridized carbons (Fsp3) is 0.615. The van der Waals surface area contributed by atoms with E-state index in [2.05, 4.69) is 5.32 Å². The van der Waals surface area contributed by atoms with Crippen molar-refractivity contribution in [2.75, 3.05) is 34.2 Å². The van der Waals surface area contributed by atoms with Gasteiger partial charge in [-0.05, 0) is 31.3 Å². The Bertz CT molecular complexity index is 616. The van der Waals surface area contributed by atoms with Crippen LogP contribution < -0.4 is 5.32 Å². The van der Waals surface area contributed by atoms with E-state index in [1.54, 1.807) is 10.3 Å². The summed E-state index contributed by atoms with van der Waals surface area (Å²) in [5.74, 6) is -0.189. The van der Waals surface area contributed by atoms with Crippen LogP contribution in [0.5, 0.6) is 0 Å². The Hall–Kier alpha value is -0.670. The fourth-order valence-corrected chi connectivity index (χ4v) is 4.65. The molecule has 1 N–H and O–H groups in total. The van der Waals surface area contributed by atoms with E-state index in [0.717, 1.165) is 17.1 Å². The van der Waals surface area contributed by atoms with Gasteiger partial charge in [0.25, 0.3) is 5.91 Å². The monoisotopic (exact) mass is 367 g/mol. The summed E-state index contributed by atoms with van der Waals surface area (Å²) in [5, 5.41) is 4.84. The van der Waals surface area contributed by atoms with Gasteiger partial charge in [-0.15, -0.1) is 23.7 Å². The van der Waals surface area contributed by atoms with E-state index >= 15 is 0 Å². The van der Waals surface area contributed by atoms with Gasteiger partial charge in [-0.1, -0.05) is 0 Å². The zero-order chi connectivity index (χ0) is 15.6. The van der Waals surface area contributed by atoms with Gasteiger partial charge in [0.05, 0.1) is 0 Å². The highest BCUT2D eigenvalue weighted by Crippen LogP contribution is 2.26. The Morgan fingerprint density at radius 1 is 1.45 bits per heavy atom. The predicted octanol–water partition coefficient (Wildman–Crippen LogP) is 1.24. The Balaban J connectivity index is 0.00000242. The van der Waals surface area contributed by atoms with Gasteiger partial charge in [0.1, 0.15) is 9.77 Å². The quantitative estimate of drug-likeness (QED) is 0.869. The molecule has 2 rings (SSSR count). The molecule has 9 heteroatoms. The normalized spacial score (nSPS) is 19.1. The van der Waals surface area contributed by atoms with Crippen molar-refractivity contribution in [2.45, 2.75) is 23.8 Å². The number of piperidine rings is 1. The molecule has 0 saturated carbocycles. The number of hydrogen-bond acceptors (Lipinski definition) is 5. The van der Waals surface area contributed by atoms with Crippen molar-refractivity contribution in [2.24, 2.45) is 0 Å². The van der Waals surface area contributed by atoms with Crippen LogP contribution in [-0.2, 0) is 10.0 Å². The molecule has 0 aliphatic carbocycles. The molecule has 1 aromatic rings. The van der Waals surface area contributed by atoms with Gasteiger partial charge in [-0.3, -0.25) is 4.79 Å². The van der Waals surface area contributed by atoms with Crippen molar-refractivity contribution in [3.8, 4) is 0 Å². The minimum atomic E-state index is -3.59. The average Bonchev–Trinajstić information content (AvgIpc) is 2.96. The molecule has 126 valence electrons. The Morgan fingerprint density at radius 2 is 2.14 bits per heavy atom. The molecule has 1 amide bonds.